The van der Waals surface area contributed by atoms with Crippen LogP contribution >= 0.6 is 0 Å². The average Bonchev–Trinajstić information content (AvgIpc) is 3.04. The lowest BCUT2D eigenvalue weighted by molar-refractivity contribution is 0.563. The highest BCUT2D eigenvalue weighted by Crippen LogP contribution is 2.30. The molecule has 1 aliphatic heterocycles. The van der Waals surface area contributed by atoms with Gasteiger partial charge in [0.15, 0.2) is 0 Å². The van der Waals surface area contributed by atoms with Crippen LogP contribution in [-0.2, 0) is 0 Å². The molecule has 2 heterocycles. The number of anilines is 1. The molecule has 98 valence electrons. The molecule has 2 fully saturated rings. The second-order valence-corrected chi connectivity index (χ2v) is 5.70. The predicted octanol–water partition coefficient (Wildman–Crippen LogP) is 1.75. The molecular formula is C14H22N4. The molecule has 2 aliphatic rings. The van der Waals surface area contributed by atoms with Crippen LogP contribution in [0.1, 0.15) is 31.2 Å². The highest BCUT2D eigenvalue weighted by molar-refractivity contribution is 5.30. The number of rotatable bonds is 5. The summed E-state index contributed by atoms with van der Waals surface area (Å²) in [5, 5.41) is 3.56. The molecule has 0 bridgehead atoms. The van der Waals surface area contributed by atoms with E-state index < -0.39 is 0 Å². The van der Waals surface area contributed by atoms with Gasteiger partial charge in [-0.3, -0.25) is 0 Å². The van der Waals surface area contributed by atoms with E-state index in [4.69, 9.17) is 0 Å². The van der Waals surface area contributed by atoms with Gasteiger partial charge in [-0.15, -0.1) is 0 Å². The van der Waals surface area contributed by atoms with Crippen molar-refractivity contribution in [2.75, 3.05) is 24.5 Å². The summed E-state index contributed by atoms with van der Waals surface area (Å²) in [6.45, 7) is 5.38. The largest absolute Gasteiger partial charge is 0.339 e. The van der Waals surface area contributed by atoms with E-state index in [0.29, 0.717) is 6.04 Å². The van der Waals surface area contributed by atoms with Gasteiger partial charge in [-0.05, 0) is 50.6 Å². The van der Waals surface area contributed by atoms with Crippen LogP contribution in [0, 0.1) is 12.8 Å². The fourth-order valence-corrected chi connectivity index (χ4v) is 2.58. The average molecular weight is 246 g/mol. The van der Waals surface area contributed by atoms with Crippen molar-refractivity contribution in [3.8, 4) is 0 Å². The summed E-state index contributed by atoms with van der Waals surface area (Å²) < 4.78 is 0. The summed E-state index contributed by atoms with van der Waals surface area (Å²) in [4.78, 5) is 11.4. The van der Waals surface area contributed by atoms with Gasteiger partial charge >= 0.3 is 0 Å². The lowest BCUT2D eigenvalue weighted by Crippen LogP contribution is -2.39. The highest BCUT2D eigenvalue weighted by atomic mass is 15.3. The molecular weight excluding hydrogens is 224 g/mol. The van der Waals surface area contributed by atoms with Crippen molar-refractivity contribution in [2.24, 2.45) is 5.92 Å². The molecule has 1 aromatic rings. The lowest BCUT2D eigenvalue weighted by atomic mass is 10.2. The van der Waals surface area contributed by atoms with Gasteiger partial charge in [0, 0.05) is 31.5 Å². The molecule has 1 aromatic heterocycles. The number of nitrogens with one attached hydrogen (secondary N) is 1. The minimum absolute atomic E-state index is 0.619. The standard InChI is InChI=1S/C14H22N4/c1-11-7-16-14(17-8-11)18(9-12-4-5-12)10-13-3-2-6-15-13/h7-8,12-13,15H,2-6,9-10H2,1H3. The SMILES string of the molecule is Cc1cnc(N(CC2CC2)CC2CCCN2)nc1. The van der Waals surface area contributed by atoms with Gasteiger partial charge < -0.3 is 10.2 Å². The zero-order chi connectivity index (χ0) is 12.4. The van der Waals surface area contributed by atoms with E-state index in [9.17, 15) is 0 Å². The van der Waals surface area contributed by atoms with Gasteiger partial charge in [0.2, 0.25) is 5.95 Å². The van der Waals surface area contributed by atoms with E-state index in [1.54, 1.807) is 0 Å². The third-order valence-corrected chi connectivity index (χ3v) is 3.83. The third kappa shape index (κ3) is 2.99. The van der Waals surface area contributed by atoms with Gasteiger partial charge in [-0.1, -0.05) is 0 Å². The molecule has 18 heavy (non-hydrogen) atoms. The van der Waals surface area contributed by atoms with E-state index in [2.05, 4.69) is 20.2 Å². The molecule has 0 amide bonds. The smallest absolute Gasteiger partial charge is 0.225 e. The van der Waals surface area contributed by atoms with E-state index in [-0.39, 0.29) is 0 Å². The quantitative estimate of drug-likeness (QED) is 0.859. The van der Waals surface area contributed by atoms with Crippen LogP contribution in [0.4, 0.5) is 5.95 Å². The van der Waals surface area contributed by atoms with Gasteiger partial charge in [-0.2, -0.15) is 0 Å². The second kappa shape index (κ2) is 5.22. The van der Waals surface area contributed by atoms with Crippen molar-refractivity contribution in [1.82, 2.24) is 15.3 Å². The summed E-state index contributed by atoms with van der Waals surface area (Å²) >= 11 is 0. The van der Waals surface area contributed by atoms with Crippen LogP contribution in [0.15, 0.2) is 12.4 Å². The van der Waals surface area contributed by atoms with E-state index in [1.165, 1.54) is 25.7 Å². The normalized spacial score (nSPS) is 23.3. The highest BCUT2D eigenvalue weighted by Gasteiger charge is 2.27. The fourth-order valence-electron chi connectivity index (χ4n) is 2.58. The third-order valence-electron chi connectivity index (χ3n) is 3.83. The van der Waals surface area contributed by atoms with Crippen molar-refractivity contribution in [3.05, 3.63) is 18.0 Å². The number of hydrogen-bond acceptors (Lipinski definition) is 4. The van der Waals surface area contributed by atoms with E-state index >= 15 is 0 Å². The molecule has 0 radical (unpaired) electrons. The molecule has 1 saturated carbocycles. The Hall–Kier alpha value is -1.16. The molecule has 0 aromatic carbocycles. The molecule has 4 nitrogen and oxygen atoms in total. The Kier molecular flexibility index (Phi) is 3.46. The first-order valence-corrected chi connectivity index (χ1v) is 7.08. The lowest BCUT2D eigenvalue weighted by Gasteiger charge is -2.25. The second-order valence-electron chi connectivity index (χ2n) is 5.70. The Morgan fingerprint density at radius 3 is 2.61 bits per heavy atom. The summed E-state index contributed by atoms with van der Waals surface area (Å²) in [6, 6.07) is 0.619. The van der Waals surface area contributed by atoms with Gasteiger partial charge in [0.1, 0.15) is 0 Å². The Bertz CT molecular complexity index is 379. The minimum atomic E-state index is 0.619. The van der Waals surface area contributed by atoms with Crippen LogP contribution in [0.2, 0.25) is 0 Å². The Balaban J connectivity index is 1.68. The Labute approximate surface area is 109 Å². The Morgan fingerprint density at radius 1 is 1.22 bits per heavy atom. The zero-order valence-corrected chi connectivity index (χ0v) is 11.1. The van der Waals surface area contributed by atoms with Crippen molar-refractivity contribution >= 4 is 5.95 Å². The summed E-state index contributed by atoms with van der Waals surface area (Å²) in [7, 11) is 0. The molecule has 4 heteroatoms. The van der Waals surface area contributed by atoms with Crippen molar-refractivity contribution in [1.29, 1.82) is 0 Å². The van der Waals surface area contributed by atoms with Crippen LogP contribution < -0.4 is 10.2 Å². The number of hydrogen-bond donors (Lipinski definition) is 1. The molecule has 1 unspecified atom stereocenters. The molecule has 3 rings (SSSR count). The first kappa shape index (κ1) is 11.9. The van der Waals surface area contributed by atoms with Gasteiger partial charge in [0.05, 0.1) is 0 Å². The summed E-state index contributed by atoms with van der Waals surface area (Å²) in [5.41, 5.74) is 1.13. The molecule has 1 saturated heterocycles. The monoisotopic (exact) mass is 246 g/mol. The Morgan fingerprint density at radius 2 is 2.00 bits per heavy atom. The van der Waals surface area contributed by atoms with Crippen molar-refractivity contribution in [2.45, 2.75) is 38.6 Å². The van der Waals surface area contributed by atoms with Crippen LogP contribution in [0.3, 0.4) is 0 Å². The topological polar surface area (TPSA) is 41.1 Å². The van der Waals surface area contributed by atoms with E-state index in [1.807, 2.05) is 19.3 Å². The first-order chi connectivity index (χ1) is 8.81. The van der Waals surface area contributed by atoms with Crippen molar-refractivity contribution < 1.29 is 0 Å². The summed E-state index contributed by atoms with van der Waals surface area (Å²) in [6.07, 6.45) is 9.18. The molecule has 1 aliphatic carbocycles. The maximum absolute atomic E-state index is 4.49. The maximum Gasteiger partial charge on any atom is 0.225 e. The van der Waals surface area contributed by atoms with Gasteiger partial charge in [0.25, 0.3) is 0 Å². The number of aryl methyl sites for hydroxylation is 1. The van der Waals surface area contributed by atoms with Crippen LogP contribution in [0.5, 0.6) is 0 Å². The zero-order valence-electron chi connectivity index (χ0n) is 11.1. The van der Waals surface area contributed by atoms with Crippen molar-refractivity contribution in [3.63, 3.8) is 0 Å². The molecule has 1 atom stereocenters. The van der Waals surface area contributed by atoms with E-state index in [0.717, 1.165) is 37.1 Å². The van der Waals surface area contributed by atoms with Gasteiger partial charge in [-0.25, -0.2) is 9.97 Å². The first-order valence-electron chi connectivity index (χ1n) is 7.08. The minimum Gasteiger partial charge on any atom is -0.339 e. The summed E-state index contributed by atoms with van der Waals surface area (Å²) in [5.74, 6) is 1.78. The maximum atomic E-state index is 4.49. The number of nitrogens with zero attached hydrogens (tertiary/aromatic N) is 3. The number of aromatic nitrogens is 2. The van der Waals surface area contributed by atoms with Crippen LogP contribution in [0.25, 0.3) is 0 Å². The predicted molar refractivity (Wildman–Crippen MR) is 72.7 cm³/mol. The fraction of sp³-hybridized carbons (Fsp3) is 0.714. The molecule has 0 spiro atoms. The van der Waals surface area contributed by atoms with Crippen LogP contribution in [-0.4, -0.2) is 35.6 Å². The molecule has 1 N–H and O–H groups in total.